The summed E-state index contributed by atoms with van der Waals surface area (Å²) in [5, 5.41) is 5.84. The predicted octanol–water partition coefficient (Wildman–Crippen LogP) is 4.06. The largest absolute Gasteiger partial charge is 0.348 e. The number of rotatable bonds is 7. The monoisotopic (exact) mass is 389 g/mol. The van der Waals surface area contributed by atoms with Gasteiger partial charge in [-0.05, 0) is 50.1 Å². The molecule has 146 valence electrons. The second-order valence-corrected chi connectivity index (χ2v) is 6.81. The van der Waals surface area contributed by atoms with Crippen molar-refractivity contribution in [1.82, 2.24) is 5.32 Å². The van der Waals surface area contributed by atoms with E-state index < -0.39 is 5.54 Å². The Morgan fingerprint density at radius 1 is 1.11 bits per heavy atom. The van der Waals surface area contributed by atoms with Crippen molar-refractivity contribution in [2.24, 2.45) is 5.73 Å². The maximum absolute atomic E-state index is 12.4. The molecule has 0 fully saturated rings. The first-order valence-electron chi connectivity index (χ1n) is 8.89. The van der Waals surface area contributed by atoms with Gasteiger partial charge in [0.15, 0.2) is 0 Å². The van der Waals surface area contributed by atoms with E-state index in [-0.39, 0.29) is 30.3 Å². The standard InChI is InChI=1S/C21H27N3O2.ClH/c1-4-13-21(3,22)20(26)23-15(2)17-11-8-12-18(14-17)24-19(25)16-9-6-5-7-10-16;/h5-12,14-15H,4,13,22H2,1-3H3,(H,23,26)(H,24,25);1H. The number of benzene rings is 2. The highest BCUT2D eigenvalue weighted by Gasteiger charge is 2.28. The number of nitrogens with two attached hydrogens (primary N) is 1. The van der Waals surface area contributed by atoms with Crippen LogP contribution in [0.4, 0.5) is 5.69 Å². The zero-order valence-electron chi connectivity index (χ0n) is 16.0. The number of halogens is 1. The number of nitrogens with one attached hydrogen (secondary N) is 2. The summed E-state index contributed by atoms with van der Waals surface area (Å²) in [6, 6.07) is 16.3. The van der Waals surface area contributed by atoms with Crippen LogP contribution in [0.25, 0.3) is 0 Å². The summed E-state index contributed by atoms with van der Waals surface area (Å²) < 4.78 is 0. The fourth-order valence-electron chi connectivity index (χ4n) is 2.76. The van der Waals surface area contributed by atoms with Gasteiger partial charge in [-0.1, -0.05) is 43.7 Å². The molecule has 5 nitrogen and oxygen atoms in total. The molecule has 0 heterocycles. The molecule has 2 atom stereocenters. The average molecular weight is 390 g/mol. The first-order chi connectivity index (χ1) is 12.3. The third kappa shape index (κ3) is 6.38. The van der Waals surface area contributed by atoms with Crippen LogP contribution >= 0.6 is 12.4 Å². The third-order valence-corrected chi connectivity index (χ3v) is 4.32. The Hall–Kier alpha value is -2.37. The maximum Gasteiger partial charge on any atom is 0.255 e. The molecule has 2 unspecified atom stereocenters. The average Bonchev–Trinajstić information content (AvgIpc) is 2.62. The molecule has 0 bridgehead atoms. The van der Waals surface area contributed by atoms with Crippen LogP contribution < -0.4 is 16.4 Å². The van der Waals surface area contributed by atoms with Gasteiger partial charge in [0.05, 0.1) is 11.6 Å². The van der Waals surface area contributed by atoms with Crippen LogP contribution in [-0.2, 0) is 4.79 Å². The molecule has 4 N–H and O–H groups in total. The number of anilines is 1. The summed E-state index contributed by atoms with van der Waals surface area (Å²) in [7, 11) is 0. The molecule has 0 saturated heterocycles. The minimum absolute atomic E-state index is 0. The highest BCUT2D eigenvalue weighted by atomic mass is 35.5. The van der Waals surface area contributed by atoms with Gasteiger partial charge >= 0.3 is 0 Å². The van der Waals surface area contributed by atoms with Crippen molar-refractivity contribution in [2.45, 2.75) is 45.2 Å². The Kier molecular flexibility index (Phi) is 8.47. The van der Waals surface area contributed by atoms with E-state index in [1.807, 2.05) is 56.3 Å². The molecule has 6 heteroatoms. The van der Waals surface area contributed by atoms with E-state index >= 15 is 0 Å². The van der Waals surface area contributed by atoms with Crippen LogP contribution in [0.3, 0.4) is 0 Å². The first-order valence-corrected chi connectivity index (χ1v) is 8.89. The van der Waals surface area contributed by atoms with Crippen molar-refractivity contribution in [3.8, 4) is 0 Å². The normalized spacial score (nSPS) is 13.6. The quantitative estimate of drug-likeness (QED) is 0.667. The molecule has 2 aromatic carbocycles. The second kappa shape index (κ2) is 10.1. The maximum atomic E-state index is 12.4. The van der Waals surface area contributed by atoms with E-state index in [1.54, 1.807) is 19.1 Å². The lowest BCUT2D eigenvalue weighted by molar-refractivity contribution is -0.126. The highest BCUT2D eigenvalue weighted by molar-refractivity contribution is 6.04. The van der Waals surface area contributed by atoms with Crippen molar-refractivity contribution < 1.29 is 9.59 Å². The summed E-state index contributed by atoms with van der Waals surface area (Å²) in [5.74, 6) is -0.345. The van der Waals surface area contributed by atoms with Gasteiger partial charge in [-0.3, -0.25) is 9.59 Å². The van der Waals surface area contributed by atoms with Crippen LogP contribution in [0.2, 0.25) is 0 Å². The van der Waals surface area contributed by atoms with Crippen LogP contribution in [0.1, 0.15) is 55.6 Å². The van der Waals surface area contributed by atoms with Gasteiger partial charge in [-0.25, -0.2) is 0 Å². The first kappa shape index (κ1) is 22.7. The van der Waals surface area contributed by atoms with Crippen LogP contribution in [-0.4, -0.2) is 17.4 Å². The Balaban J connectivity index is 0.00000364. The molecule has 0 radical (unpaired) electrons. The molecule has 27 heavy (non-hydrogen) atoms. The smallest absolute Gasteiger partial charge is 0.255 e. The molecule has 2 amide bonds. The van der Waals surface area contributed by atoms with Gasteiger partial charge in [-0.15, -0.1) is 12.4 Å². The minimum atomic E-state index is -0.887. The molecule has 0 saturated carbocycles. The Morgan fingerprint density at radius 2 is 1.78 bits per heavy atom. The predicted molar refractivity (Wildman–Crippen MR) is 112 cm³/mol. The Bertz CT molecular complexity index is 763. The van der Waals surface area contributed by atoms with Gasteiger partial charge in [0.1, 0.15) is 0 Å². The number of hydrogen-bond donors (Lipinski definition) is 3. The van der Waals surface area contributed by atoms with Crippen molar-refractivity contribution >= 4 is 29.9 Å². The number of carbonyl (C=O) groups is 2. The van der Waals surface area contributed by atoms with E-state index in [0.29, 0.717) is 17.7 Å². The number of amides is 2. The number of hydrogen-bond acceptors (Lipinski definition) is 3. The van der Waals surface area contributed by atoms with E-state index in [1.165, 1.54) is 0 Å². The summed E-state index contributed by atoms with van der Waals surface area (Å²) in [6.45, 7) is 5.65. The fraction of sp³-hybridized carbons (Fsp3) is 0.333. The molecule has 0 aliphatic rings. The number of carbonyl (C=O) groups excluding carboxylic acids is 2. The lowest BCUT2D eigenvalue weighted by Gasteiger charge is -2.25. The van der Waals surface area contributed by atoms with Crippen molar-refractivity contribution in [1.29, 1.82) is 0 Å². The molecule has 0 aliphatic carbocycles. The lowest BCUT2D eigenvalue weighted by atomic mass is 9.95. The van der Waals surface area contributed by atoms with Gasteiger partial charge in [-0.2, -0.15) is 0 Å². The van der Waals surface area contributed by atoms with Crippen molar-refractivity contribution in [3.05, 3.63) is 65.7 Å². The zero-order chi connectivity index (χ0) is 19.2. The second-order valence-electron chi connectivity index (χ2n) is 6.81. The van der Waals surface area contributed by atoms with Crippen LogP contribution in [0, 0.1) is 0 Å². The molecule has 0 aromatic heterocycles. The van der Waals surface area contributed by atoms with Gasteiger partial charge < -0.3 is 16.4 Å². The summed E-state index contributed by atoms with van der Waals surface area (Å²) >= 11 is 0. The topological polar surface area (TPSA) is 84.2 Å². The minimum Gasteiger partial charge on any atom is -0.348 e. The molecule has 2 rings (SSSR count). The highest BCUT2D eigenvalue weighted by Crippen LogP contribution is 2.19. The molecule has 0 aliphatic heterocycles. The van der Waals surface area contributed by atoms with Gasteiger partial charge in [0, 0.05) is 11.3 Å². The van der Waals surface area contributed by atoms with Crippen LogP contribution in [0.5, 0.6) is 0 Å². The summed E-state index contributed by atoms with van der Waals surface area (Å²) in [4.78, 5) is 24.7. The van der Waals surface area contributed by atoms with Gasteiger partial charge in [0.2, 0.25) is 5.91 Å². The van der Waals surface area contributed by atoms with E-state index in [4.69, 9.17) is 5.73 Å². The van der Waals surface area contributed by atoms with Crippen LogP contribution in [0.15, 0.2) is 54.6 Å². The van der Waals surface area contributed by atoms with E-state index in [2.05, 4.69) is 10.6 Å². The van der Waals surface area contributed by atoms with E-state index in [9.17, 15) is 9.59 Å². The Labute approximate surface area is 167 Å². The van der Waals surface area contributed by atoms with Crippen molar-refractivity contribution in [2.75, 3.05) is 5.32 Å². The summed E-state index contributed by atoms with van der Waals surface area (Å²) in [6.07, 6.45) is 1.47. The fourth-order valence-corrected chi connectivity index (χ4v) is 2.76. The van der Waals surface area contributed by atoms with Crippen molar-refractivity contribution in [3.63, 3.8) is 0 Å². The summed E-state index contributed by atoms with van der Waals surface area (Å²) in [5.41, 5.74) is 7.38. The molecule has 0 spiro atoms. The molecule has 2 aromatic rings. The molecular formula is C21H28ClN3O2. The van der Waals surface area contributed by atoms with E-state index in [0.717, 1.165) is 12.0 Å². The van der Waals surface area contributed by atoms with Gasteiger partial charge in [0.25, 0.3) is 5.91 Å². The Morgan fingerprint density at radius 3 is 2.41 bits per heavy atom. The zero-order valence-corrected chi connectivity index (χ0v) is 16.8. The molecular weight excluding hydrogens is 362 g/mol. The SMILES string of the molecule is CCCC(C)(N)C(=O)NC(C)c1cccc(NC(=O)c2ccccc2)c1.Cl. The third-order valence-electron chi connectivity index (χ3n) is 4.32. The lowest BCUT2D eigenvalue weighted by Crippen LogP contribution is -2.52.